The number of ether oxygens (including phenoxy) is 1. The van der Waals surface area contributed by atoms with Crippen LogP contribution in [0.25, 0.3) is 0 Å². The van der Waals surface area contributed by atoms with Crippen LogP contribution in [0.2, 0.25) is 0 Å². The molecule has 0 spiro atoms. The Balaban J connectivity index is 1.41. The summed E-state index contributed by atoms with van der Waals surface area (Å²) in [4.78, 5) is 27.1. The highest BCUT2D eigenvalue weighted by Gasteiger charge is 2.31. The minimum Gasteiger partial charge on any atom is -0.463 e. The van der Waals surface area contributed by atoms with Gasteiger partial charge in [-0.3, -0.25) is 15.0 Å². The molecule has 1 amide bonds. The Kier molecular flexibility index (Phi) is 7.34. The van der Waals surface area contributed by atoms with Gasteiger partial charge in [-0.25, -0.2) is 0 Å². The van der Waals surface area contributed by atoms with Gasteiger partial charge in [0.25, 0.3) is 0 Å². The van der Waals surface area contributed by atoms with Gasteiger partial charge in [0, 0.05) is 36.3 Å². The van der Waals surface area contributed by atoms with E-state index < -0.39 is 0 Å². The van der Waals surface area contributed by atoms with Crippen molar-refractivity contribution in [1.29, 1.82) is 5.41 Å². The third-order valence-electron chi connectivity index (χ3n) is 6.17. The third kappa shape index (κ3) is 5.74. The van der Waals surface area contributed by atoms with E-state index in [9.17, 15) is 9.59 Å². The first-order valence-corrected chi connectivity index (χ1v) is 11.0. The molecular formula is C23H34N4O3. The summed E-state index contributed by atoms with van der Waals surface area (Å²) in [6, 6.07) is 7.87. The molecule has 2 fully saturated rings. The number of anilines is 1. The van der Waals surface area contributed by atoms with Crippen molar-refractivity contribution in [3.8, 4) is 0 Å². The maximum atomic E-state index is 12.7. The van der Waals surface area contributed by atoms with Crippen LogP contribution in [-0.4, -0.2) is 42.9 Å². The molecule has 4 N–H and O–H groups in total. The van der Waals surface area contributed by atoms with Gasteiger partial charge in [-0.15, -0.1) is 0 Å². The summed E-state index contributed by atoms with van der Waals surface area (Å²) in [7, 11) is 0. The highest BCUT2D eigenvalue weighted by atomic mass is 16.5. The SMILES string of the molecule is CC(C)OC(=O)C1CCC(NC(=O)C2CCN(c3ccc(C(=N)N)cc3)CC2)CC1. The molecule has 0 unspecified atom stereocenters. The fourth-order valence-electron chi connectivity index (χ4n) is 4.37. The zero-order chi connectivity index (χ0) is 21.7. The molecular weight excluding hydrogens is 380 g/mol. The Labute approximate surface area is 178 Å². The maximum Gasteiger partial charge on any atom is 0.309 e. The highest BCUT2D eigenvalue weighted by Crippen LogP contribution is 2.28. The third-order valence-corrected chi connectivity index (χ3v) is 6.17. The largest absolute Gasteiger partial charge is 0.463 e. The average Bonchev–Trinajstić information content (AvgIpc) is 2.74. The molecule has 30 heavy (non-hydrogen) atoms. The quantitative estimate of drug-likeness (QED) is 0.377. The van der Waals surface area contributed by atoms with Gasteiger partial charge in [-0.05, 0) is 76.6 Å². The van der Waals surface area contributed by atoms with Crippen molar-refractivity contribution in [2.24, 2.45) is 17.6 Å². The Morgan fingerprint density at radius 3 is 2.17 bits per heavy atom. The second-order valence-electron chi connectivity index (χ2n) is 8.76. The summed E-state index contributed by atoms with van der Waals surface area (Å²) < 4.78 is 5.32. The fourth-order valence-corrected chi connectivity index (χ4v) is 4.37. The van der Waals surface area contributed by atoms with Gasteiger partial charge < -0.3 is 20.7 Å². The first-order chi connectivity index (χ1) is 14.3. The van der Waals surface area contributed by atoms with E-state index in [1.807, 2.05) is 38.1 Å². The number of nitrogen functional groups attached to an aromatic ring is 1. The van der Waals surface area contributed by atoms with E-state index in [-0.39, 0.29) is 41.7 Å². The Morgan fingerprint density at radius 2 is 1.63 bits per heavy atom. The number of nitrogens with zero attached hydrogens (tertiary/aromatic N) is 1. The van der Waals surface area contributed by atoms with E-state index in [0.29, 0.717) is 0 Å². The predicted octanol–water partition coefficient (Wildman–Crippen LogP) is 2.81. The van der Waals surface area contributed by atoms with E-state index in [1.165, 1.54) is 0 Å². The molecule has 1 aromatic rings. The Hall–Kier alpha value is -2.57. The number of rotatable bonds is 6. The lowest BCUT2D eigenvalue weighted by Gasteiger charge is -2.34. The summed E-state index contributed by atoms with van der Waals surface area (Å²) in [5.74, 6) is 0.135. The Morgan fingerprint density at radius 1 is 1.03 bits per heavy atom. The van der Waals surface area contributed by atoms with Crippen molar-refractivity contribution in [2.45, 2.75) is 64.5 Å². The molecule has 1 saturated heterocycles. The topological polar surface area (TPSA) is 109 Å². The lowest BCUT2D eigenvalue weighted by atomic mass is 9.85. The van der Waals surface area contributed by atoms with Crippen LogP contribution < -0.4 is 16.0 Å². The van der Waals surface area contributed by atoms with E-state index in [1.54, 1.807) is 0 Å². The molecule has 7 heteroatoms. The normalized spacial score (nSPS) is 22.6. The number of nitrogens with two attached hydrogens (primary N) is 1. The number of esters is 1. The van der Waals surface area contributed by atoms with E-state index in [0.717, 1.165) is 62.9 Å². The summed E-state index contributed by atoms with van der Waals surface area (Å²) in [5, 5.41) is 10.7. The van der Waals surface area contributed by atoms with Crippen LogP contribution >= 0.6 is 0 Å². The summed E-state index contributed by atoms with van der Waals surface area (Å²) in [6.45, 7) is 5.42. The van der Waals surface area contributed by atoms with Crippen molar-refractivity contribution in [3.05, 3.63) is 29.8 Å². The lowest BCUT2D eigenvalue weighted by molar-refractivity contribution is -0.153. The average molecular weight is 415 g/mol. The number of hydrogen-bond donors (Lipinski definition) is 3. The predicted molar refractivity (Wildman–Crippen MR) is 118 cm³/mol. The van der Waals surface area contributed by atoms with E-state index >= 15 is 0 Å². The van der Waals surface area contributed by atoms with Gasteiger partial charge in [0.15, 0.2) is 0 Å². The van der Waals surface area contributed by atoms with E-state index in [4.69, 9.17) is 15.9 Å². The number of nitrogens with one attached hydrogen (secondary N) is 2. The van der Waals surface area contributed by atoms with Crippen molar-refractivity contribution in [2.75, 3.05) is 18.0 Å². The van der Waals surface area contributed by atoms with Gasteiger partial charge >= 0.3 is 5.97 Å². The fraction of sp³-hybridized carbons (Fsp3) is 0.609. The van der Waals surface area contributed by atoms with Crippen LogP contribution in [0.5, 0.6) is 0 Å². The van der Waals surface area contributed by atoms with E-state index in [2.05, 4.69) is 10.2 Å². The van der Waals surface area contributed by atoms with Gasteiger partial charge in [0.2, 0.25) is 5.91 Å². The monoisotopic (exact) mass is 414 g/mol. The molecule has 7 nitrogen and oxygen atoms in total. The molecule has 0 atom stereocenters. The zero-order valence-corrected chi connectivity index (χ0v) is 18.0. The molecule has 1 aliphatic heterocycles. The van der Waals surface area contributed by atoms with Crippen LogP contribution in [0, 0.1) is 17.2 Å². The van der Waals surface area contributed by atoms with Gasteiger partial charge in [0.1, 0.15) is 5.84 Å². The molecule has 2 aliphatic rings. The lowest BCUT2D eigenvalue weighted by Crippen LogP contribution is -2.45. The summed E-state index contributed by atoms with van der Waals surface area (Å²) in [5.41, 5.74) is 7.34. The number of piperidine rings is 1. The molecule has 1 heterocycles. The molecule has 0 radical (unpaired) electrons. The molecule has 1 saturated carbocycles. The molecule has 0 bridgehead atoms. The van der Waals surface area contributed by atoms with Crippen LogP contribution in [0.3, 0.4) is 0 Å². The number of amidine groups is 1. The highest BCUT2D eigenvalue weighted by molar-refractivity contribution is 5.95. The second kappa shape index (κ2) is 9.96. The van der Waals surface area contributed by atoms with Crippen molar-refractivity contribution < 1.29 is 14.3 Å². The Bertz CT molecular complexity index is 746. The molecule has 1 aromatic carbocycles. The summed E-state index contributed by atoms with van der Waals surface area (Å²) in [6.07, 6.45) is 4.83. The minimum atomic E-state index is -0.0986. The van der Waals surface area contributed by atoms with Crippen LogP contribution in [-0.2, 0) is 14.3 Å². The number of carbonyl (C=O) groups is 2. The number of benzene rings is 1. The first kappa shape index (κ1) is 22.1. The second-order valence-corrected chi connectivity index (χ2v) is 8.76. The molecule has 1 aliphatic carbocycles. The van der Waals surface area contributed by atoms with Gasteiger partial charge in [-0.1, -0.05) is 0 Å². The molecule has 3 rings (SSSR count). The standard InChI is InChI=1S/C23H34N4O3/c1-15(2)30-23(29)18-3-7-19(8-4-18)26-22(28)17-11-13-27(14-12-17)20-9-5-16(6-10-20)21(24)25/h5-6,9-10,15,17-19H,3-4,7-8,11-14H2,1-2H3,(H3,24,25)(H,26,28). The van der Waals surface area contributed by atoms with Crippen molar-refractivity contribution in [1.82, 2.24) is 5.32 Å². The first-order valence-electron chi connectivity index (χ1n) is 11.0. The van der Waals surface area contributed by atoms with Crippen LogP contribution in [0.4, 0.5) is 5.69 Å². The van der Waals surface area contributed by atoms with Crippen LogP contribution in [0.15, 0.2) is 24.3 Å². The number of hydrogen-bond acceptors (Lipinski definition) is 5. The summed E-state index contributed by atoms with van der Waals surface area (Å²) >= 11 is 0. The van der Waals surface area contributed by atoms with Crippen LogP contribution in [0.1, 0.15) is 57.9 Å². The van der Waals surface area contributed by atoms with Gasteiger partial charge in [0.05, 0.1) is 12.0 Å². The maximum absolute atomic E-state index is 12.7. The minimum absolute atomic E-state index is 0.0295. The smallest absolute Gasteiger partial charge is 0.309 e. The molecule has 164 valence electrons. The van der Waals surface area contributed by atoms with Crippen molar-refractivity contribution in [3.63, 3.8) is 0 Å². The van der Waals surface area contributed by atoms with Crippen molar-refractivity contribution >= 4 is 23.4 Å². The zero-order valence-electron chi connectivity index (χ0n) is 18.0. The van der Waals surface area contributed by atoms with Gasteiger partial charge in [-0.2, -0.15) is 0 Å². The number of amides is 1. The molecule has 0 aromatic heterocycles. The number of carbonyl (C=O) groups excluding carboxylic acids is 2.